The summed E-state index contributed by atoms with van der Waals surface area (Å²) in [5, 5.41) is 0. The molecule has 0 bridgehead atoms. The largest absolute Gasteiger partial charge is 0.293 e. The molecule has 1 unspecified atom stereocenters. The van der Waals surface area contributed by atoms with Crippen LogP contribution in [0.25, 0.3) is 0 Å². The van der Waals surface area contributed by atoms with E-state index in [0.717, 1.165) is 18.5 Å². The molecule has 0 saturated carbocycles. The van der Waals surface area contributed by atoms with E-state index in [9.17, 15) is 4.79 Å². The summed E-state index contributed by atoms with van der Waals surface area (Å²) in [7, 11) is 0. The second kappa shape index (κ2) is 7.03. The normalized spacial score (nSPS) is 20.3. The summed E-state index contributed by atoms with van der Waals surface area (Å²) in [6.45, 7) is 8.24. The molecule has 0 N–H and O–H groups in total. The number of ketones is 1. The first-order chi connectivity index (χ1) is 9.61. The molecule has 1 aliphatic rings. The van der Waals surface area contributed by atoms with Gasteiger partial charge in [-0.15, -0.1) is 0 Å². The molecule has 1 fully saturated rings. The monoisotopic (exact) mass is 273 g/mol. The summed E-state index contributed by atoms with van der Waals surface area (Å²) in [6.07, 6.45) is 4.94. The summed E-state index contributed by atoms with van der Waals surface area (Å²) >= 11 is 0. The van der Waals surface area contributed by atoms with Crippen molar-refractivity contribution in [1.29, 1.82) is 0 Å². The van der Waals surface area contributed by atoms with Gasteiger partial charge in [-0.2, -0.15) is 0 Å². The van der Waals surface area contributed by atoms with Gasteiger partial charge in [0.2, 0.25) is 0 Å². The van der Waals surface area contributed by atoms with Crippen LogP contribution in [0.2, 0.25) is 0 Å². The maximum absolute atomic E-state index is 12.4. The van der Waals surface area contributed by atoms with Crippen LogP contribution in [-0.4, -0.2) is 29.8 Å². The van der Waals surface area contributed by atoms with Crippen LogP contribution in [0.4, 0.5) is 0 Å². The van der Waals surface area contributed by atoms with E-state index in [1.807, 2.05) is 12.1 Å². The summed E-state index contributed by atoms with van der Waals surface area (Å²) in [4.78, 5) is 14.8. The number of piperidine rings is 1. The van der Waals surface area contributed by atoms with Gasteiger partial charge in [0.1, 0.15) is 0 Å². The van der Waals surface area contributed by atoms with Crippen molar-refractivity contribution in [2.75, 3.05) is 13.1 Å². The average molecular weight is 273 g/mol. The van der Waals surface area contributed by atoms with Crippen LogP contribution in [0.1, 0.15) is 68.3 Å². The van der Waals surface area contributed by atoms with Gasteiger partial charge < -0.3 is 0 Å². The van der Waals surface area contributed by atoms with Crippen molar-refractivity contribution in [3.05, 3.63) is 35.4 Å². The lowest BCUT2D eigenvalue weighted by atomic mass is 9.98. The second-order valence-electron chi connectivity index (χ2n) is 6.23. The highest BCUT2D eigenvalue weighted by molar-refractivity contribution is 5.97. The van der Waals surface area contributed by atoms with Gasteiger partial charge in [-0.25, -0.2) is 0 Å². The van der Waals surface area contributed by atoms with Gasteiger partial charge in [0.05, 0.1) is 6.54 Å². The van der Waals surface area contributed by atoms with Gasteiger partial charge in [0.15, 0.2) is 5.78 Å². The number of rotatable bonds is 5. The Balaban J connectivity index is 2.00. The maximum atomic E-state index is 12.4. The van der Waals surface area contributed by atoms with Crippen LogP contribution >= 0.6 is 0 Å². The number of carbonyl (C=O) groups excluding carboxylic acids is 1. The fraction of sp³-hybridized carbons (Fsp3) is 0.611. The molecule has 1 saturated heterocycles. The van der Waals surface area contributed by atoms with Gasteiger partial charge in [-0.1, -0.05) is 51.5 Å². The molecular weight excluding hydrogens is 246 g/mol. The Kier molecular flexibility index (Phi) is 5.36. The molecule has 20 heavy (non-hydrogen) atoms. The van der Waals surface area contributed by atoms with E-state index in [-0.39, 0.29) is 5.78 Å². The van der Waals surface area contributed by atoms with Crippen molar-refractivity contribution >= 4 is 5.78 Å². The van der Waals surface area contributed by atoms with E-state index in [2.05, 4.69) is 37.8 Å². The predicted molar refractivity (Wildman–Crippen MR) is 84.4 cm³/mol. The molecule has 0 aromatic heterocycles. The zero-order valence-electron chi connectivity index (χ0n) is 13.1. The average Bonchev–Trinajstić information content (AvgIpc) is 2.48. The number of benzene rings is 1. The third kappa shape index (κ3) is 3.69. The lowest BCUT2D eigenvalue weighted by molar-refractivity contribution is 0.0838. The van der Waals surface area contributed by atoms with Gasteiger partial charge in [-0.3, -0.25) is 9.69 Å². The lowest BCUT2D eigenvalue weighted by Gasteiger charge is -2.34. The quantitative estimate of drug-likeness (QED) is 0.747. The van der Waals surface area contributed by atoms with Crippen LogP contribution < -0.4 is 0 Å². The Morgan fingerprint density at radius 3 is 2.55 bits per heavy atom. The smallest absolute Gasteiger partial charge is 0.176 e. The van der Waals surface area contributed by atoms with Crippen molar-refractivity contribution in [2.45, 2.75) is 58.4 Å². The molecule has 110 valence electrons. The third-order valence-electron chi connectivity index (χ3n) is 4.47. The molecule has 1 aliphatic heterocycles. The summed E-state index contributed by atoms with van der Waals surface area (Å²) in [5.41, 5.74) is 2.15. The zero-order chi connectivity index (χ0) is 14.5. The number of likely N-dealkylation sites (tertiary alicyclic amines) is 1. The molecule has 0 aliphatic carbocycles. The topological polar surface area (TPSA) is 20.3 Å². The van der Waals surface area contributed by atoms with E-state index >= 15 is 0 Å². The van der Waals surface area contributed by atoms with Gasteiger partial charge >= 0.3 is 0 Å². The molecule has 1 aromatic rings. The number of hydrogen-bond donors (Lipinski definition) is 0. The Bertz CT molecular complexity index is 435. The van der Waals surface area contributed by atoms with E-state index in [1.54, 1.807) is 0 Å². The van der Waals surface area contributed by atoms with Gasteiger partial charge in [0, 0.05) is 11.6 Å². The van der Waals surface area contributed by atoms with Gasteiger partial charge in [0.25, 0.3) is 0 Å². The van der Waals surface area contributed by atoms with Crippen LogP contribution in [-0.2, 0) is 0 Å². The molecule has 0 spiro atoms. The molecule has 1 aromatic carbocycles. The Morgan fingerprint density at radius 2 is 1.95 bits per heavy atom. The summed E-state index contributed by atoms with van der Waals surface area (Å²) in [5.74, 6) is 0.784. The molecular formula is C18H27NO. The number of carbonyl (C=O) groups is 1. The highest BCUT2D eigenvalue weighted by Crippen LogP contribution is 2.20. The summed E-state index contributed by atoms with van der Waals surface area (Å²) < 4.78 is 0. The zero-order valence-corrected chi connectivity index (χ0v) is 13.1. The Labute approximate surface area is 123 Å². The minimum Gasteiger partial charge on any atom is -0.293 e. The number of nitrogens with zero attached hydrogens (tertiary/aromatic N) is 1. The first kappa shape index (κ1) is 15.2. The molecule has 2 nitrogen and oxygen atoms in total. The fourth-order valence-electron chi connectivity index (χ4n) is 3.06. The Morgan fingerprint density at radius 1 is 1.25 bits per heavy atom. The van der Waals surface area contributed by atoms with Crippen molar-refractivity contribution in [3.8, 4) is 0 Å². The highest BCUT2D eigenvalue weighted by Gasteiger charge is 2.23. The standard InChI is InChI=1S/C18H27NO/c1-4-17-7-5-6-12-19(17)13-18(20)16-10-8-15(9-11-16)14(2)3/h8-11,14,17H,4-7,12-13H2,1-3H3. The number of Topliss-reactive ketones (excluding diaryl/α,β-unsaturated/α-hetero) is 1. The lowest BCUT2D eigenvalue weighted by Crippen LogP contribution is -2.42. The molecule has 0 radical (unpaired) electrons. The number of hydrogen-bond acceptors (Lipinski definition) is 2. The molecule has 0 amide bonds. The van der Waals surface area contributed by atoms with Crippen LogP contribution in [0, 0.1) is 0 Å². The minimum atomic E-state index is 0.264. The molecule has 2 heteroatoms. The van der Waals surface area contributed by atoms with E-state index in [1.165, 1.54) is 24.8 Å². The van der Waals surface area contributed by atoms with Crippen LogP contribution in [0.15, 0.2) is 24.3 Å². The highest BCUT2D eigenvalue weighted by atomic mass is 16.1. The minimum absolute atomic E-state index is 0.264. The van der Waals surface area contributed by atoms with Crippen molar-refractivity contribution in [3.63, 3.8) is 0 Å². The van der Waals surface area contributed by atoms with Crippen molar-refractivity contribution < 1.29 is 4.79 Å². The van der Waals surface area contributed by atoms with E-state index < -0.39 is 0 Å². The van der Waals surface area contributed by atoms with Gasteiger partial charge in [-0.05, 0) is 37.3 Å². The SMILES string of the molecule is CCC1CCCCN1CC(=O)c1ccc(C(C)C)cc1. The predicted octanol–water partition coefficient (Wildman–Crippen LogP) is 4.26. The second-order valence-corrected chi connectivity index (χ2v) is 6.23. The Hall–Kier alpha value is -1.15. The fourth-order valence-corrected chi connectivity index (χ4v) is 3.06. The first-order valence-corrected chi connectivity index (χ1v) is 7.99. The van der Waals surface area contributed by atoms with Crippen LogP contribution in [0.3, 0.4) is 0 Å². The maximum Gasteiger partial charge on any atom is 0.176 e. The molecule has 1 atom stereocenters. The molecule has 2 rings (SSSR count). The first-order valence-electron chi connectivity index (χ1n) is 7.99. The third-order valence-corrected chi connectivity index (χ3v) is 4.47. The van der Waals surface area contributed by atoms with E-state index in [0.29, 0.717) is 18.5 Å². The molecule has 1 heterocycles. The summed E-state index contributed by atoms with van der Waals surface area (Å²) in [6, 6.07) is 8.75. The van der Waals surface area contributed by atoms with Crippen molar-refractivity contribution in [2.24, 2.45) is 0 Å². The van der Waals surface area contributed by atoms with E-state index in [4.69, 9.17) is 0 Å². The van der Waals surface area contributed by atoms with Crippen LogP contribution in [0.5, 0.6) is 0 Å². The van der Waals surface area contributed by atoms with Crippen molar-refractivity contribution in [1.82, 2.24) is 4.90 Å².